The Kier molecular flexibility index (Phi) is 3.82. The molecule has 0 unspecified atom stereocenters. The fourth-order valence-electron chi connectivity index (χ4n) is 1.15. The van der Waals surface area contributed by atoms with Gasteiger partial charge in [-0.2, -0.15) is 0 Å². The standard InChI is InChI=1S/C9H7BrClNO3/c1-5-2-6(9(13)4-10)7(11)3-8(5)12(14)15/h2-3H,4H2,1H3. The molecule has 15 heavy (non-hydrogen) atoms. The summed E-state index contributed by atoms with van der Waals surface area (Å²) < 4.78 is 0. The lowest BCUT2D eigenvalue weighted by atomic mass is 10.1. The van der Waals surface area contributed by atoms with Gasteiger partial charge in [-0.1, -0.05) is 27.5 Å². The highest BCUT2D eigenvalue weighted by Crippen LogP contribution is 2.27. The quantitative estimate of drug-likeness (QED) is 0.372. The van der Waals surface area contributed by atoms with Gasteiger partial charge >= 0.3 is 0 Å². The highest BCUT2D eigenvalue weighted by molar-refractivity contribution is 9.09. The maximum atomic E-state index is 11.4. The van der Waals surface area contributed by atoms with Crippen LogP contribution in [-0.2, 0) is 0 Å². The molecule has 0 aliphatic rings. The van der Waals surface area contributed by atoms with Gasteiger partial charge in [0.15, 0.2) is 5.78 Å². The molecule has 0 saturated heterocycles. The van der Waals surface area contributed by atoms with Crippen molar-refractivity contribution in [2.24, 2.45) is 0 Å². The molecular weight excluding hydrogens is 285 g/mol. The Morgan fingerprint density at radius 1 is 1.60 bits per heavy atom. The van der Waals surface area contributed by atoms with E-state index in [1.807, 2.05) is 0 Å². The van der Waals surface area contributed by atoms with Gasteiger partial charge in [-0.05, 0) is 13.0 Å². The number of halogens is 2. The summed E-state index contributed by atoms with van der Waals surface area (Å²) in [6, 6.07) is 2.64. The molecule has 0 heterocycles. The third-order valence-corrected chi connectivity index (χ3v) is 2.73. The molecule has 0 N–H and O–H groups in total. The minimum absolute atomic E-state index is 0.0777. The van der Waals surface area contributed by atoms with Gasteiger partial charge in [0.25, 0.3) is 5.69 Å². The van der Waals surface area contributed by atoms with E-state index in [0.29, 0.717) is 11.1 Å². The molecule has 80 valence electrons. The molecule has 4 nitrogen and oxygen atoms in total. The molecule has 0 aliphatic carbocycles. The predicted octanol–water partition coefficient (Wildman–Crippen LogP) is 3.13. The maximum absolute atomic E-state index is 11.4. The van der Waals surface area contributed by atoms with Crippen LogP contribution < -0.4 is 0 Å². The second-order valence-electron chi connectivity index (χ2n) is 2.93. The molecule has 0 saturated carbocycles. The van der Waals surface area contributed by atoms with Crippen LogP contribution in [0.4, 0.5) is 5.69 Å². The molecule has 6 heteroatoms. The Labute approximate surface area is 99.5 Å². The molecule has 1 aromatic rings. The molecule has 0 radical (unpaired) electrons. The highest BCUT2D eigenvalue weighted by Gasteiger charge is 2.17. The lowest BCUT2D eigenvalue weighted by Crippen LogP contribution is -2.03. The van der Waals surface area contributed by atoms with E-state index < -0.39 is 4.92 Å². The SMILES string of the molecule is Cc1cc(C(=O)CBr)c(Cl)cc1[N+](=O)[O-]. The van der Waals surface area contributed by atoms with Gasteiger partial charge in [0, 0.05) is 17.2 Å². The van der Waals surface area contributed by atoms with E-state index in [4.69, 9.17) is 11.6 Å². The number of nitro groups is 1. The van der Waals surface area contributed by atoms with Gasteiger partial charge in [0.1, 0.15) is 0 Å². The molecule has 0 atom stereocenters. The van der Waals surface area contributed by atoms with E-state index >= 15 is 0 Å². The summed E-state index contributed by atoms with van der Waals surface area (Å²) in [6.07, 6.45) is 0. The van der Waals surface area contributed by atoms with Crippen molar-refractivity contribution >= 4 is 39.0 Å². The van der Waals surface area contributed by atoms with Gasteiger partial charge in [-0.15, -0.1) is 0 Å². The van der Waals surface area contributed by atoms with Gasteiger partial charge in [-0.25, -0.2) is 0 Å². The number of hydrogen-bond acceptors (Lipinski definition) is 3. The lowest BCUT2D eigenvalue weighted by Gasteiger charge is -2.03. The first-order chi connectivity index (χ1) is 6.97. The van der Waals surface area contributed by atoms with Crippen LogP contribution in [0, 0.1) is 17.0 Å². The summed E-state index contributed by atoms with van der Waals surface area (Å²) in [5.74, 6) is -0.196. The number of nitrogens with zero attached hydrogens (tertiary/aromatic N) is 1. The second kappa shape index (κ2) is 4.72. The van der Waals surface area contributed by atoms with Crippen LogP contribution in [0.1, 0.15) is 15.9 Å². The first-order valence-electron chi connectivity index (χ1n) is 4.01. The summed E-state index contributed by atoms with van der Waals surface area (Å²) in [7, 11) is 0. The number of ketones is 1. The number of benzene rings is 1. The smallest absolute Gasteiger partial charge is 0.273 e. The molecule has 0 spiro atoms. The van der Waals surface area contributed by atoms with Crippen molar-refractivity contribution in [2.45, 2.75) is 6.92 Å². The number of rotatable bonds is 3. The number of alkyl halides is 1. The second-order valence-corrected chi connectivity index (χ2v) is 3.90. The molecular formula is C9H7BrClNO3. The Balaban J connectivity index is 3.31. The van der Waals surface area contributed by atoms with E-state index in [1.54, 1.807) is 6.92 Å². The minimum atomic E-state index is -0.524. The number of carbonyl (C=O) groups is 1. The van der Waals surface area contributed by atoms with Gasteiger partial charge in [-0.3, -0.25) is 14.9 Å². The summed E-state index contributed by atoms with van der Waals surface area (Å²) in [5.41, 5.74) is 0.650. The fraction of sp³-hybridized carbons (Fsp3) is 0.222. The molecule has 0 bridgehead atoms. The number of aryl methyl sites for hydroxylation is 1. The number of Topliss-reactive ketones (excluding diaryl/α,β-unsaturated/α-hetero) is 1. The van der Waals surface area contributed by atoms with Crippen molar-refractivity contribution < 1.29 is 9.72 Å². The van der Waals surface area contributed by atoms with Crippen LogP contribution >= 0.6 is 27.5 Å². The van der Waals surface area contributed by atoms with Crippen LogP contribution in [0.3, 0.4) is 0 Å². The Morgan fingerprint density at radius 2 is 2.20 bits per heavy atom. The van der Waals surface area contributed by atoms with Crippen LogP contribution in [0.2, 0.25) is 5.02 Å². The van der Waals surface area contributed by atoms with Gasteiger partial charge in [0.2, 0.25) is 0 Å². The Morgan fingerprint density at radius 3 is 2.67 bits per heavy atom. The van der Waals surface area contributed by atoms with Crippen molar-refractivity contribution in [3.63, 3.8) is 0 Å². The third-order valence-electron chi connectivity index (χ3n) is 1.90. The van der Waals surface area contributed by atoms with E-state index in [0.717, 1.165) is 0 Å². The van der Waals surface area contributed by atoms with Crippen molar-refractivity contribution in [3.8, 4) is 0 Å². The van der Waals surface area contributed by atoms with Crippen LogP contribution in [-0.4, -0.2) is 16.0 Å². The Bertz CT molecular complexity index is 434. The first-order valence-corrected chi connectivity index (χ1v) is 5.51. The van der Waals surface area contributed by atoms with Crippen molar-refractivity contribution in [1.29, 1.82) is 0 Å². The van der Waals surface area contributed by atoms with Gasteiger partial charge in [0.05, 0.1) is 15.3 Å². The zero-order chi connectivity index (χ0) is 11.6. The van der Waals surface area contributed by atoms with Crippen LogP contribution in [0.5, 0.6) is 0 Å². The first kappa shape index (κ1) is 12.1. The molecule has 1 aromatic carbocycles. The lowest BCUT2D eigenvalue weighted by molar-refractivity contribution is -0.385. The molecule has 0 aliphatic heterocycles. The molecule has 0 fully saturated rings. The van der Waals surface area contributed by atoms with E-state index in [-0.39, 0.29) is 21.8 Å². The summed E-state index contributed by atoms with van der Waals surface area (Å²) in [5, 5.41) is 10.8. The summed E-state index contributed by atoms with van der Waals surface area (Å²) >= 11 is 8.79. The monoisotopic (exact) mass is 291 g/mol. The zero-order valence-corrected chi connectivity index (χ0v) is 10.1. The van der Waals surface area contributed by atoms with E-state index in [9.17, 15) is 14.9 Å². The average molecular weight is 293 g/mol. The fourth-order valence-corrected chi connectivity index (χ4v) is 1.72. The number of hydrogen-bond donors (Lipinski definition) is 0. The molecule has 0 amide bonds. The van der Waals surface area contributed by atoms with E-state index in [1.165, 1.54) is 12.1 Å². The zero-order valence-electron chi connectivity index (χ0n) is 7.79. The topological polar surface area (TPSA) is 60.2 Å². The highest BCUT2D eigenvalue weighted by atomic mass is 79.9. The Hall–Kier alpha value is -0.940. The predicted molar refractivity (Wildman–Crippen MR) is 61.0 cm³/mol. The number of carbonyl (C=O) groups excluding carboxylic acids is 1. The van der Waals surface area contributed by atoms with E-state index in [2.05, 4.69) is 15.9 Å². The van der Waals surface area contributed by atoms with Crippen LogP contribution in [0.25, 0.3) is 0 Å². The largest absolute Gasteiger partial charge is 0.293 e. The third kappa shape index (κ3) is 2.54. The minimum Gasteiger partial charge on any atom is -0.293 e. The summed E-state index contributed by atoms with van der Waals surface area (Å²) in [4.78, 5) is 21.4. The normalized spacial score (nSPS) is 10.1. The summed E-state index contributed by atoms with van der Waals surface area (Å²) in [6.45, 7) is 1.57. The van der Waals surface area contributed by atoms with Crippen molar-refractivity contribution in [3.05, 3.63) is 38.4 Å². The average Bonchev–Trinajstić information content (AvgIpc) is 2.19. The maximum Gasteiger partial charge on any atom is 0.273 e. The van der Waals surface area contributed by atoms with Gasteiger partial charge < -0.3 is 0 Å². The van der Waals surface area contributed by atoms with Crippen molar-refractivity contribution in [2.75, 3.05) is 5.33 Å². The van der Waals surface area contributed by atoms with Crippen LogP contribution in [0.15, 0.2) is 12.1 Å². The van der Waals surface area contributed by atoms with Crippen molar-refractivity contribution in [1.82, 2.24) is 0 Å². The number of nitro benzene ring substituents is 1. The molecule has 0 aromatic heterocycles. The molecule has 1 rings (SSSR count).